The van der Waals surface area contributed by atoms with Gasteiger partial charge in [0, 0.05) is 6.54 Å². The van der Waals surface area contributed by atoms with E-state index in [1.165, 1.54) is 4.90 Å². The molecule has 2 aliphatic rings. The van der Waals surface area contributed by atoms with Crippen molar-refractivity contribution in [3.63, 3.8) is 0 Å². The standard InChI is InChI=1S/C15H16FNO3/c1-10(11-5-3-2-4-6-11)17-9-14(13(19)20)7-8-15(14,16)12(17)18/h2-6,10H,7-9H2,1H3,(H,19,20)/t10-,14+,15+/m1/s1. The number of aliphatic carboxylic acids is 1. The molecule has 3 atom stereocenters. The number of likely N-dealkylation sites (tertiary alicyclic amines) is 1. The van der Waals surface area contributed by atoms with Crippen molar-refractivity contribution in [2.75, 3.05) is 6.54 Å². The third-order valence-electron chi connectivity index (χ3n) is 4.85. The highest BCUT2D eigenvalue weighted by atomic mass is 19.1. The number of carboxylic acid groups (broad SMARTS) is 1. The van der Waals surface area contributed by atoms with Crippen LogP contribution in [0.5, 0.6) is 0 Å². The lowest BCUT2D eigenvalue weighted by Gasteiger charge is -2.43. The molecule has 1 aliphatic heterocycles. The van der Waals surface area contributed by atoms with Gasteiger partial charge in [-0.3, -0.25) is 9.59 Å². The van der Waals surface area contributed by atoms with Crippen LogP contribution in [0.2, 0.25) is 0 Å². The Morgan fingerprint density at radius 1 is 1.35 bits per heavy atom. The van der Waals surface area contributed by atoms with Gasteiger partial charge in [0.15, 0.2) is 0 Å². The molecule has 106 valence electrons. The average Bonchev–Trinajstić information content (AvgIpc) is 2.59. The lowest BCUT2D eigenvalue weighted by atomic mass is 9.59. The topological polar surface area (TPSA) is 57.6 Å². The summed E-state index contributed by atoms with van der Waals surface area (Å²) in [5, 5.41) is 9.33. The number of amides is 1. The Morgan fingerprint density at radius 2 is 2.00 bits per heavy atom. The minimum absolute atomic E-state index is 0.0101. The van der Waals surface area contributed by atoms with Crippen molar-refractivity contribution in [1.82, 2.24) is 4.90 Å². The van der Waals surface area contributed by atoms with Gasteiger partial charge in [-0.15, -0.1) is 0 Å². The monoisotopic (exact) mass is 277 g/mol. The third-order valence-corrected chi connectivity index (χ3v) is 4.85. The molecule has 0 spiro atoms. The number of nitrogens with zero attached hydrogens (tertiary/aromatic N) is 1. The number of halogens is 1. The highest BCUT2D eigenvalue weighted by Gasteiger charge is 2.75. The van der Waals surface area contributed by atoms with E-state index < -0.39 is 23.0 Å². The molecule has 1 saturated heterocycles. The van der Waals surface area contributed by atoms with E-state index >= 15 is 0 Å². The van der Waals surface area contributed by atoms with Crippen LogP contribution in [0.4, 0.5) is 4.39 Å². The lowest BCUT2D eigenvalue weighted by molar-refractivity contribution is -0.175. The molecule has 1 aromatic carbocycles. The van der Waals surface area contributed by atoms with Crippen molar-refractivity contribution in [3.05, 3.63) is 35.9 Å². The van der Waals surface area contributed by atoms with E-state index in [9.17, 15) is 19.1 Å². The fraction of sp³-hybridized carbons (Fsp3) is 0.467. The van der Waals surface area contributed by atoms with Crippen LogP contribution in [0, 0.1) is 5.41 Å². The number of rotatable bonds is 3. The van der Waals surface area contributed by atoms with E-state index in [1.807, 2.05) is 30.3 Å². The highest BCUT2D eigenvalue weighted by molar-refractivity contribution is 5.99. The van der Waals surface area contributed by atoms with Crippen molar-refractivity contribution in [2.24, 2.45) is 5.41 Å². The summed E-state index contributed by atoms with van der Waals surface area (Å²) in [4.78, 5) is 25.1. The molecule has 1 amide bonds. The van der Waals surface area contributed by atoms with E-state index in [-0.39, 0.29) is 25.4 Å². The van der Waals surface area contributed by atoms with Gasteiger partial charge >= 0.3 is 5.97 Å². The Balaban J connectivity index is 1.94. The number of carbonyl (C=O) groups is 2. The molecule has 0 bridgehead atoms. The maximum Gasteiger partial charge on any atom is 0.315 e. The van der Waals surface area contributed by atoms with Crippen molar-refractivity contribution < 1.29 is 19.1 Å². The number of fused-ring (bicyclic) bond motifs is 1. The maximum atomic E-state index is 14.7. The SMILES string of the molecule is C[C@H](c1ccccc1)N1C[C@]2(C(=O)O)CC[C@]2(F)C1=O. The van der Waals surface area contributed by atoms with Gasteiger partial charge in [-0.25, -0.2) is 4.39 Å². The molecule has 3 rings (SSSR count). The number of hydrogen-bond donors (Lipinski definition) is 1. The van der Waals surface area contributed by atoms with Crippen LogP contribution in [0.25, 0.3) is 0 Å². The third kappa shape index (κ3) is 1.40. The zero-order valence-corrected chi connectivity index (χ0v) is 11.2. The summed E-state index contributed by atoms with van der Waals surface area (Å²) in [7, 11) is 0. The zero-order valence-electron chi connectivity index (χ0n) is 11.2. The molecule has 20 heavy (non-hydrogen) atoms. The van der Waals surface area contributed by atoms with Crippen LogP contribution in [-0.4, -0.2) is 34.1 Å². The Morgan fingerprint density at radius 3 is 2.45 bits per heavy atom. The molecule has 5 heteroatoms. The van der Waals surface area contributed by atoms with Crippen LogP contribution in [0.15, 0.2) is 30.3 Å². The first kappa shape index (κ1) is 13.1. The minimum Gasteiger partial charge on any atom is -0.481 e. The van der Waals surface area contributed by atoms with Crippen molar-refractivity contribution in [1.29, 1.82) is 0 Å². The van der Waals surface area contributed by atoms with Gasteiger partial charge in [0.1, 0.15) is 5.41 Å². The fourth-order valence-electron chi connectivity index (χ4n) is 3.32. The predicted octanol–water partition coefficient (Wildman–Crippen LogP) is 2.16. The molecular weight excluding hydrogens is 261 g/mol. The van der Waals surface area contributed by atoms with Crippen molar-refractivity contribution in [2.45, 2.75) is 31.5 Å². The summed E-state index contributed by atoms with van der Waals surface area (Å²) in [6.07, 6.45) is 0.235. The largest absolute Gasteiger partial charge is 0.481 e. The summed E-state index contributed by atoms with van der Waals surface area (Å²) >= 11 is 0. The van der Waals surface area contributed by atoms with E-state index in [1.54, 1.807) is 6.92 Å². The Labute approximate surface area is 116 Å². The smallest absolute Gasteiger partial charge is 0.315 e. The van der Waals surface area contributed by atoms with Crippen LogP contribution < -0.4 is 0 Å². The fourth-order valence-corrected chi connectivity index (χ4v) is 3.32. The minimum atomic E-state index is -2.22. The quantitative estimate of drug-likeness (QED) is 0.921. The molecule has 1 aliphatic carbocycles. The van der Waals surface area contributed by atoms with E-state index in [0.717, 1.165) is 5.56 Å². The summed E-state index contributed by atoms with van der Waals surface area (Å²) in [6, 6.07) is 8.95. The molecule has 2 fully saturated rings. The summed E-state index contributed by atoms with van der Waals surface area (Å²) in [5.41, 5.74) is -2.89. The molecule has 0 aromatic heterocycles. The van der Waals surface area contributed by atoms with Gasteiger partial charge < -0.3 is 10.0 Å². The number of carbonyl (C=O) groups excluding carboxylic acids is 1. The molecule has 1 N–H and O–H groups in total. The predicted molar refractivity (Wildman–Crippen MR) is 69.7 cm³/mol. The van der Waals surface area contributed by atoms with Gasteiger partial charge in [0.05, 0.1) is 6.04 Å². The second-order valence-corrected chi connectivity index (χ2v) is 5.71. The molecule has 1 heterocycles. The number of alkyl halides is 1. The van der Waals surface area contributed by atoms with E-state index in [4.69, 9.17) is 0 Å². The summed E-state index contributed by atoms with van der Waals surface area (Å²) in [5.74, 6) is -1.88. The van der Waals surface area contributed by atoms with Gasteiger partial charge in [-0.05, 0) is 25.3 Å². The van der Waals surface area contributed by atoms with Gasteiger partial charge in [-0.1, -0.05) is 30.3 Å². The Hall–Kier alpha value is -1.91. The van der Waals surface area contributed by atoms with E-state index in [0.29, 0.717) is 0 Å². The van der Waals surface area contributed by atoms with E-state index in [2.05, 4.69) is 0 Å². The van der Waals surface area contributed by atoms with Crippen molar-refractivity contribution >= 4 is 11.9 Å². The molecule has 1 aromatic rings. The molecule has 1 saturated carbocycles. The second kappa shape index (κ2) is 4.04. The van der Waals surface area contributed by atoms with Crippen LogP contribution >= 0.6 is 0 Å². The normalized spacial score (nSPS) is 33.5. The maximum absolute atomic E-state index is 14.7. The molecule has 4 nitrogen and oxygen atoms in total. The van der Waals surface area contributed by atoms with Crippen LogP contribution in [0.1, 0.15) is 31.4 Å². The average molecular weight is 277 g/mol. The first-order chi connectivity index (χ1) is 9.42. The zero-order chi connectivity index (χ0) is 14.5. The summed E-state index contributed by atoms with van der Waals surface area (Å²) in [6.45, 7) is 1.75. The Bertz CT molecular complexity index is 576. The second-order valence-electron chi connectivity index (χ2n) is 5.71. The first-order valence-electron chi connectivity index (χ1n) is 6.71. The Kier molecular flexibility index (Phi) is 2.64. The number of benzene rings is 1. The molecule has 0 unspecified atom stereocenters. The van der Waals surface area contributed by atoms with Crippen LogP contribution in [0.3, 0.4) is 0 Å². The number of hydrogen-bond acceptors (Lipinski definition) is 2. The van der Waals surface area contributed by atoms with Crippen LogP contribution in [-0.2, 0) is 9.59 Å². The summed E-state index contributed by atoms with van der Waals surface area (Å²) < 4.78 is 14.7. The molecular formula is C15H16FNO3. The van der Waals surface area contributed by atoms with Crippen molar-refractivity contribution in [3.8, 4) is 0 Å². The first-order valence-corrected chi connectivity index (χ1v) is 6.71. The lowest BCUT2D eigenvalue weighted by Crippen LogP contribution is -2.59. The molecule has 0 radical (unpaired) electrons. The van der Waals surface area contributed by atoms with Gasteiger partial charge in [0.25, 0.3) is 5.91 Å². The van der Waals surface area contributed by atoms with Gasteiger partial charge in [0.2, 0.25) is 5.67 Å². The number of carboxylic acids is 1. The highest BCUT2D eigenvalue weighted by Crippen LogP contribution is 2.59. The van der Waals surface area contributed by atoms with Gasteiger partial charge in [-0.2, -0.15) is 0 Å².